The Morgan fingerprint density at radius 1 is 1.30 bits per heavy atom. The molecule has 0 aliphatic carbocycles. The predicted molar refractivity (Wildman–Crippen MR) is 74.3 cm³/mol. The van der Waals surface area contributed by atoms with Crippen molar-refractivity contribution in [3.63, 3.8) is 0 Å². The van der Waals surface area contributed by atoms with Crippen LogP contribution in [0.3, 0.4) is 0 Å². The van der Waals surface area contributed by atoms with E-state index in [9.17, 15) is 15.2 Å². The number of nitrogens with two attached hydrogens (primary N) is 1. The Kier molecular flexibility index (Phi) is 2.53. The van der Waals surface area contributed by atoms with Crippen molar-refractivity contribution in [3.8, 4) is 17.0 Å². The minimum absolute atomic E-state index is 0.175. The molecule has 7 nitrogen and oxygen atoms in total. The molecule has 3 aromatic rings. The highest BCUT2D eigenvalue weighted by Gasteiger charge is 2.16. The lowest BCUT2D eigenvalue weighted by Gasteiger charge is -2.02. The second-order valence-electron chi connectivity index (χ2n) is 4.30. The number of nitrogens with one attached hydrogen (secondary N) is 1. The van der Waals surface area contributed by atoms with E-state index < -0.39 is 4.92 Å². The number of hydrogen-bond acceptors (Lipinski definition) is 5. The topological polar surface area (TPSA) is 118 Å². The van der Waals surface area contributed by atoms with Gasteiger partial charge in [-0.1, -0.05) is 12.1 Å². The van der Waals surface area contributed by atoms with E-state index in [1.165, 1.54) is 12.1 Å². The lowest BCUT2D eigenvalue weighted by molar-refractivity contribution is -0.384. The fourth-order valence-corrected chi connectivity index (χ4v) is 2.10. The average molecular weight is 270 g/mol. The highest BCUT2D eigenvalue weighted by molar-refractivity contribution is 5.99. The Labute approximate surface area is 112 Å². The number of aromatic nitrogens is 2. The number of aromatic amines is 1. The average Bonchev–Trinajstić information content (AvgIpc) is 2.84. The van der Waals surface area contributed by atoms with E-state index in [4.69, 9.17) is 5.73 Å². The Bertz CT molecular complexity index is 826. The van der Waals surface area contributed by atoms with Crippen molar-refractivity contribution >= 4 is 22.3 Å². The van der Waals surface area contributed by atoms with Crippen LogP contribution in [-0.2, 0) is 0 Å². The van der Waals surface area contributed by atoms with Crippen LogP contribution in [-0.4, -0.2) is 20.2 Å². The van der Waals surface area contributed by atoms with Crippen molar-refractivity contribution in [1.29, 1.82) is 0 Å². The number of nitrogens with zero attached hydrogens (tertiary/aromatic N) is 2. The molecule has 0 spiro atoms. The van der Waals surface area contributed by atoms with Crippen LogP contribution < -0.4 is 5.73 Å². The minimum atomic E-state index is -0.565. The van der Waals surface area contributed by atoms with Crippen molar-refractivity contribution in [1.82, 2.24) is 10.2 Å². The van der Waals surface area contributed by atoms with Crippen molar-refractivity contribution in [2.24, 2.45) is 0 Å². The molecule has 0 radical (unpaired) electrons. The number of non-ortho nitro benzene ring substituents is 1. The van der Waals surface area contributed by atoms with Gasteiger partial charge >= 0.3 is 0 Å². The number of rotatable bonds is 2. The molecule has 1 aromatic heterocycles. The van der Waals surface area contributed by atoms with E-state index in [0.29, 0.717) is 22.5 Å². The first-order valence-corrected chi connectivity index (χ1v) is 5.78. The van der Waals surface area contributed by atoms with E-state index in [2.05, 4.69) is 10.2 Å². The molecule has 1 heterocycles. The first kappa shape index (κ1) is 12.0. The summed E-state index contributed by atoms with van der Waals surface area (Å²) in [6.45, 7) is 0. The number of nitrogen functional groups attached to an aromatic ring is 1. The number of hydrogen-bond donors (Lipinski definition) is 3. The molecule has 0 bridgehead atoms. The van der Waals surface area contributed by atoms with Gasteiger partial charge in [-0.15, -0.1) is 0 Å². The molecule has 100 valence electrons. The number of anilines is 1. The highest BCUT2D eigenvalue weighted by atomic mass is 16.6. The minimum Gasteiger partial charge on any atom is -0.507 e. The number of benzene rings is 2. The highest BCUT2D eigenvalue weighted by Crippen LogP contribution is 2.35. The second kappa shape index (κ2) is 4.23. The smallest absolute Gasteiger partial charge is 0.273 e. The molecule has 0 fully saturated rings. The molecule has 0 aliphatic rings. The molecule has 0 saturated heterocycles. The van der Waals surface area contributed by atoms with Gasteiger partial charge in [-0.2, -0.15) is 5.10 Å². The fraction of sp³-hybridized carbons (Fsp3) is 0. The van der Waals surface area contributed by atoms with Crippen molar-refractivity contribution in [2.45, 2.75) is 0 Å². The fourth-order valence-electron chi connectivity index (χ4n) is 2.10. The van der Waals surface area contributed by atoms with Gasteiger partial charge in [0.25, 0.3) is 5.69 Å². The number of nitro benzene ring substituents is 1. The normalized spacial score (nSPS) is 10.8. The van der Waals surface area contributed by atoms with Gasteiger partial charge in [0, 0.05) is 17.0 Å². The number of fused-ring (bicyclic) bond motifs is 1. The maximum Gasteiger partial charge on any atom is 0.273 e. The molecule has 2 aromatic carbocycles. The number of phenolic OH excluding ortho intramolecular Hbond substituents is 1. The lowest BCUT2D eigenvalue weighted by atomic mass is 10.1. The third-order valence-corrected chi connectivity index (χ3v) is 3.08. The van der Waals surface area contributed by atoms with Crippen LogP contribution in [0, 0.1) is 10.1 Å². The van der Waals surface area contributed by atoms with Crippen LogP contribution in [0.25, 0.3) is 22.2 Å². The molecule has 0 atom stereocenters. The van der Waals surface area contributed by atoms with Crippen LogP contribution in [0.4, 0.5) is 11.4 Å². The van der Waals surface area contributed by atoms with Crippen LogP contribution in [0.1, 0.15) is 0 Å². The quantitative estimate of drug-likeness (QED) is 0.375. The van der Waals surface area contributed by atoms with E-state index >= 15 is 0 Å². The second-order valence-corrected chi connectivity index (χ2v) is 4.30. The Balaban J connectivity index is 2.21. The zero-order valence-corrected chi connectivity index (χ0v) is 10.2. The molecular formula is C13H10N4O3. The number of H-pyrrole nitrogens is 1. The first-order chi connectivity index (χ1) is 9.58. The summed E-state index contributed by atoms with van der Waals surface area (Å²) in [4.78, 5) is 10.1. The number of aromatic hydroxyl groups is 1. The summed E-state index contributed by atoms with van der Waals surface area (Å²) in [5.41, 5.74) is 7.77. The molecule has 20 heavy (non-hydrogen) atoms. The van der Waals surface area contributed by atoms with Gasteiger partial charge in [0.05, 0.1) is 22.2 Å². The van der Waals surface area contributed by atoms with Crippen LogP contribution in [0.15, 0.2) is 36.4 Å². The van der Waals surface area contributed by atoms with E-state index in [1.54, 1.807) is 12.1 Å². The summed E-state index contributed by atoms with van der Waals surface area (Å²) in [6, 6.07) is 9.21. The Morgan fingerprint density at radius 2 is 2.10 bits per heavy atom. The summed E-state index contributed by atoms with van der Waals surface area (Å²) >= 11 is 0. The Hall–Kier alpha value is -3.09. The van der Waals surface area contributed by atoms with Gasteiger partial charge in [0.2, 0.25) is 0 Å². The summed E-state index contributed by atoms with van der Waals surface area (Å²) in [5.74, 6) is -0.199. The third-order valence-electron chi connectivity index (χ3n) is 3.08. The maximum atomic E-state index is 10.7. The molecule has 4 N–H and O–H groups in total. The molecule has 3 rings (SSSR count). The Morgan fingerprint density at radius 3 is 2.80 bits per heavy atom. The maximum absolute atomic E-state index is 10.7. The predicted octanol–water partition coefficient (Wildman–Crippen LogP) is 2.43. The van der Waals surface area contributed by atoms with Gasteiger partial charge in [0.15, 0.2) is 0 Å². The van der Waals surface area contributed by atoms with Crippen molar-refractivity contribution < 1.29 is 10.0 Å². The van der Waals surface area contributed by atoms with Gasteiger partial charge in [0.1, 0.15) is 11.4 Å². The zero-order valence-electron chi connectivity index (χ0n) is 10.2. The summed E-state index contributed by atoms with van der Waals surface area (Å²) in [5, 5.41) is 28.3. The van der Waals surface area contributed by atoms with Gasteiger partial charge in [-0.05, 0) is 12.1 Å². The van der Waals surface area contributed by atoms with Gasteiger partial charge in [-0.25, -0.2) is 0 Å². The standard InChI is InChI=1S/C13H10N4O3/c14-10-3-1-2-9-12(15-16-13(9)10)8-5-4-7(17(19)20)6-11(8)18/h1-6,18H,14H2,(H,15,16). The molecular weight excluding hydrogens is 260 g/mol. The van der Waals surface area contributed by atoms with Gasteiger partial charge < -0.3 is 10.8 Å². The molecule has 7 heteroatoms. The van der Waals surface area contributed by atoms with Crippen LogP contribution >= 0.6 is 0 Å². The summed E-state index contributed by atoms with van der Waals surface area (Å²) < 4.78 is 0. The van der Waals surface area contributed by atoms with E-state index in [0.717, 1.165) is 11.5 Å². The number of nitro groups is 1. The number of para-hydroxylation sites is 1. The largest absolute Gasteiger partial charge is 0.507 e. The lowest BCUT2D eigenvalue weighted by Crippen LogP contribution is -1.88. The monoisotopic (exact) mass is 270 g/mol. The third kappa shape index (κ3) is 1.72. The molecule has 0 unspecified atom stereocenters. The first-order valence-electron chi connectivity index (χ1n) is 5.78. The van der Waals surface area contributed by atoms with Gasteiger partial charge in [-0.3, -0.25) is 15.2 Å². The molecule has 0 aliphatic heterocycles. The number of phenols is 1. The van der Waals surface area contributed by atoms with Crippen molar-refractivity contribution in [2.75, 3.05) is 5.73 Å². The SMILES string of the molecule is Nc1cccc2c(-c3ccc([N+](=O)[O-])cc3O)n[nH]c12. The van der Waals surface area contributed by atoms with E-state index in [1.807, 2.05) is 6.07 Å². The summed E-state index contributed by atoms with van der Waals surface area (Å²) in [6.07, 6.45) is 0. The molecule has 0 saturated carbocycles. The summed E-state index contributed by atoms with van der Waals surface area (Å²) in [7, 11) is 0. The van der Waals surface area contributed by atoms with Crippen LogP contribution in [0.5, 0.6) is 5.75 Å². The molecule has 0 amide bonds. The van der Waals surface area contributed by atoms with Crippen molar-refractivity contribution in [3.05, 3.63) is 46.5 Å². The zero-order chi connectivity index (χ0) is 14.3. The van der Waals surface area contributed by atoms with E-state index in [-0.39, 0.29) is 11.4 Å². The van der Waals surface area contributed by atoms with Crippen LogP contribution in [0.2, 0.25) is 0 Å².